The minimum atomic E-state index is -0.238. The lowest BCUT2D eigenvalue weighted by Crippen LogP contribution is -2.11. The molecule has 2 aromatic heterocycles. The summed E-state index contributed by atoms with van der Waals surface area (Å²) in [5.74, 6) is 2.03. The van der Waals surface area contributed by atoms with E-state index in [2.05, 4.69) is 25.9 Å². The number of halogens is 1. The second-order valence-corrected chi connectivity index (χ2v) is 7.38. The summed E-state index contributed by atoms with van der Waals surface area (Å²) in [6, 6.07) is 14.4. The summed E-state index contributed by atoms with van der Waals surface area (Å²) < 4.78 is 11.6. The van der Waals surface area contributed by atoms with Crippen molar-refractivity contribution in [2.45, 2.75) is 25.7 Å². The molecule has 0 aliphatic heterocycles. The smallest absolute Gasteiger partial charge is 0.255 e. The average molecular weight is 440 g/mol. The van der Waals surface area contributed by atoms with E-state index in [0.29, 0.717) is 40.9 Å². The van der Waals surface area contributed by atoms with Gasteiger partial charge in [-0.05, 0) is 54.5 Å². The minimum absolute atomic E-state index is 0.238. The van der Waals surface area contributed by atoms with Crippen LogP contribution in [0, 0.1) is 0 Å². The largest absolute Gasteiger partial charge is 0.494 e. The molecule has 1 amide bonds. The summed E-state index contributed by atoms with van der Waals surface area (Å²) in [5, 5.41) is 17.5. The van der Waals surface area contributed by atoms with Crippen LogP contribution < -0.4 is 10.1 Å². The number of carbonyl (C=O) groups excluding carboxylic acids is 1. The molecule has 8 nitrogen and oxygen atoms in total. The van der Waals surface area contributed by atoms with Gasteiger partial charge in [-0.2, -0.15) is 5.21 Å². The van der Waals surface area contributed by atoms with Crippen molar-refractivity contribution < 1.29 is 13.9 Å². The highest BCUT2D eigenvalue weighted by molar-refractivity contribution is 6.17. The van der Waals surface area contributed by atoms with E-state index >= 15 is 0 Å². The molecule has 0 aliphatic carbocycles. The van der Waals surface area contributed by atoms with Crippen molar-refractivity contribution in [1.29, 1.82) is 0 Å². The van der Waals surface area contributed by atoms with Gasteiger partial charge in [0.25, 0.3) is 5.91 Å². The molecule has 0 saturated carbocycles. The fourth-order valence-corrected chi connectivity index (χ4v) is 3.36. The molecule has 0 spiro atoms. The Bertz CT molecular complexity index is 1130. The summed E-state index contributed by atoms with van der Waals surface area (Å²) in [6.07, 6.45) is 4.23. The number of hydrogen-bond acceptors (Lipinski definition) is 6. The van der Waals surface area contributed by atoms with E-state index in [9.17, 15) is 4.79 Å². The molecule has 0 fully saturated rings. The molecule has 0 radical (unpaired) electrons. The standard InChI is InChI=1S/C22H22ClN5O3/c23-12-3-1-2-4-13-30-17-10-8-15(9-11-17)22(29)24-18-7-5-6-16-14-19(31-20(16)18)21-25-27-28-26-21/h5-11,14H,1-4,12-13H2,(H,24,29)(H,25,26,27,28). The fraction of sp³-hybridized carbons (Fsp3) is 0.273. The molecule has 0 unspecified atom stereocenters. The third-order valence-electron chi connectivity index (χ3n) is 4.77. The third kappa shape index (κ3) is 5.21. The number of amides is 1. The zero-order valence-corrected chi connectivity index (χ0v) is 17.6. The molecule has 4 rings (SSSR count). The molecule has 2 N–H and O–H groups in total. The molecule has 0 saturated heterocycles. The molecule has 0 bridgehead atoms. The number of benzene rings is 2. The predicted octanol–water partition coefficient (Wildman–Crippen LogP) is 5.04. The first-order valence-corrected chi connectivity index (χ1v) is 10.6. The van der Waals surface area contributed by atoms with Crippen LogP contribution in [0.1, 0.15) is 36.0 Å². The number of unbranched alkanes of at least 4 members (excludes halogenated alkanes) is 3. The number of nitrogens with one attached hydrogen (secondary N) is 2. The van der Waals surface area contributed by atoms with Gasteiger partial charge in [-0.1, -0.05) is 25.0 Å². The Morgan fingerprint density at radius 2 is 1.94 bits per heavy atom. The molecular weight excluding hydrogens is 418 g/mol. The van der Waals surface area contributed by atoms with Crippen LogP contribution in [0.15, 0.2) is 52.9 Å². The number of rotatable bonds is 10. The van der Waals surface area contributed by atoms with Gasteiger partial charge in [0, 0.05) is 16.8 Å². The molecule has 2 aromatic carbocycles. The Morgan fingerprint density at radius 3 is 2.71 bits per heavy atom. The Labute approximate surface area is 183 Å². The van der Waals surface area contributed by atoms with Crippen LogP contribution in [-0.4, -0.2) is 39.0 Å². The van der Waals surface area contributed by atoms with Crippen molar-refractivity contribution in [3.05, 3.63) is 54.1 Å². The summed E-state index contributed by atoms with van der Waals surface area (Å²) in [7, 11) is 0. The summed E-state index contributed by atoms with van der Waals surface area (Å²) in [6.45, 7) is 0.650. The van der Waals surface area contributed by atoms with Crippen molar-refractivity contribution >= 4 is 34.2 Å². The number of H-pyrrole nitrogens is 1. The van der Waals surface area contributed by atoms with E-state index < -0.39 is 0 Å². The van der Waals surface area contributed by atoms with E-state index in [0.717, 1.165) is 36.8 Å². The van der Waals surface area contributed by atoms with Gasteiger partial charge in [0.1, 0.15) is 5.75 Å². The lowest BCUT2D eigenvalue weighted by Gasteiger charge is -2.08. The number of ether oxygens (including phenoxy) is 1. The van der Waals surface area contributed by atoms with Gasteiger partial charge in [-0.25, -0.2) is 0 Å². The van der Waals surface area contributed by atoms with Crippen molar-refractivity contribution in [3.63, 3.8) is 0 Å². The number of hydrogen-bond donors (Lipinski definition) is 2. The number of furan rings is 1. The zero-order chi connectivity index (χ0) is 21.5. The molecule has 160 valence electrons. The molecule has 0 aliphatic rings. The first-order valence-electron chi connectivity index (χ1n) is 10.1. The molecular formula is C22H22ClN5O3. The molecule has 9 heteroatoms. The average Bonchev–Trinajstić information content (AvgIpc) is 3.47. The van der Waals surface area contributed by atoms with Gasteiger partial charge in [-0.15, -0.1) is 21.8 Å². The molecule has 0 atom stereocenters. The Morgan fingerprint density at radius 1 is 1.10 bits per heavy atom. The van der Waals surface area contributed by atoms with E-state index in [-0.39, 0.29) is 5.91 Å². The maximum atomic E-state index is 12.7. The zero-order valence-electron chi connectivity index (χ0n) is 16.8. The minimum Gasteiger partial charge on any atom is -0.494 e. The Balaban J connectivity index is 1.38. The number of nitrogens with zero attached hydrogens (tertiary/aromatic N) is 3. The number of fused-ring (bicyclic) bond motifs is 1. The quantitative estimate of drug-likeness (QED) is 0.265. The van der Waals surface area contributed by atoms with Gasteiger partial charge in [0.15, 0.2) is 11.3 Å². The second kappa shape index (κ2) is 10.1. The normalized spacial score (nSPS) is 11.0. The Hall–Kier alpha value is -3.39. The van der Waals surface area contributed by atoms with E-state index in [1.165, 1.54) is 0 Å². The first-order chi connectivity index (χ1) is 15.2. The number of carbonyl (C=O) groups is 1. The van der Waals surface area contributed by atoms with Gasteiger partial charge >= 0.3 is 0 Å². The topological polar surface area (TPSA) is 106 Å². The predicted molar refractivity (Wildman–Crippen MR) is 118 cm³/mol. The molecule has 4 aromatic rings. The first kappa shape index (κ1) is 20.9. The molecule has 31 heavy (non-hydrogen) atoms. The highest BCUT2D eigenvalue weighted by Gasteiger charge is 2.15. The van der Waals surface area contributed by atoms with Gasteiger partial charge in [0.05, 0.1) is 12.3 Å². The highest BCUT2D eigenvalue weighted by atomic mass is 35.5. The van der Waals surface area contributed by atoms with Crippen molar-refractivity contribution in [3.8, 4) is 17.3 Å². The van der Waals surface area contributed by atoms with Crippen molar-refractivity contribution in [2.24, 2.45) is 0 Å². The van der Waals surface area contributed by atoms with Crippen LogP contribution >= 0.6 is 11.6 Å². The van der Waals surface area contributed by atoms with Crippen LogP contribution in [-0.2, 0) is 0 Å². The van der Waals surface area contributed by atoms with Gasteiger partial charge < -0.3 is 14.5 Å². The number of aromatic nitrogens is 4. The lowest BCUT2D eigenvalue weighted by molar-refractivity contribution is 0.102. The fourth-order valence-electron chi connectivity index (χ4n) is 3.18. The Kier molecular flexibility index (Phi) is 6.78. The van der Waals surface area contributed by atoms with Crippen LogP contribution in [0.3, 0.4) is 0 Å². The van der Waals surface area contributed by atoms with Crippen molar-refractivity contribution in [2.75, 3.05) is 17.8 Å². The van der Waals surface area contributed by atoms with Crippen LogP contribution in [0.2, 0.25) is 0 Å². The number of tetrazole rings is 1. The second-order valence-electron chi connectivity index (χ2n) is 7.00. The summed E-state index contributed by atoms with van der Waals surface area (Å²) >= 11 is 5.67. The number of alkyl halides is 1. The monoisotopic (exact) mass is 439 g/mol. The highest BCUT2D eigenvalue weighted by Crippen LogP contribution is 2.31. The maximum absolute atomic E-state index is 12.7. The molecule has 2 heterocycles. The third-order valence-corrected chi connectivity index (χ3v) is 5.04. The van der Waals surface area contributed by atoms with E-state index in [4.69, 9.17) is 20.8 Å². The summed E-state index contributed by atoms with van der Waals surface area (Å²) in [4.78, 5) is 12.7. The number of aromatic amines is 1. The van der Waals surface area contributed by atoms with E-state index in [1.54, 1.807) is 36.4 Å². The van der Waals surface area contributed by atoms with Crippen LogP contribution in [0.4, 0.5) is 5.69 Å². The van der Waals surface area contributed by atoms with Crippen molar-refractivity contribution in [1.82, 2.24) is 20.6 Å². The van der Waals surface area contributed by atoms with Gasteiger partial charge in [0.2, 0.25) is 5.82 Å². The SMILES string of the molecule is O=C(Nc1cccc2cc(-c3nn[nH]n3)oc12)c1ccc(OCCCCCCCl)cc1. The van der Waals surface area contributed by atoms with E-state index in [1.807, 2.05) is 12.1 Å². The number of para-hydroxylation sites is 1. The maximum Gasteiger partial charge on any atom is 0.255 e. The van der Waals surface area contributed by atoms with Crippen LogP contribution in [0.25, 0.3) is 22.6 Å². The van der Waals surface area contributed by atoms with Crippen LogP contribution in [0.5, 0.6) is 5.75 Å². The number of anilines is 1. The summed E-state index contributed by atoms with van der Waals surface area (Å²) in [5.41, 5.74) is 1.63. The lowest BCUT2D eigenvalue weighted by atomic mass is 10.2. The van der Waals surface area contributed by atoms with Gasteiger partial charge in [-0.3, -0.25) is 4.79 Å².